The van der Waals surface area contributed by atoms with Crippen molar-refractivity contribution in [1.29, 1.82) is 0 Å². The lowest BCUT2D eigenvalue weighted by atomic mass is 10.1. The van der Waals surface area contributed by atoms with Gasteiger partial charge in [0, 0.05) is 37.3 Å². The number of ether oxygens (including phenoxy) is 1. The van der Waals surface area contributed by atoms with E-state index in [1.807, 2.05) is 54.3 Å². The molecule has 1 aliphatic rings. The van der Waals surface area contributed by atoms with Gasteiger partial charge in [-0.25, -0.2) is 9.97 Å². The van der Waals surface area contributed by atoms with Gasteiger partial charge < -0.3 is 14.5 Å². The fourth-order valence-electron chi connectivity index (χ4n) is 3.57. The van der Waals surface area contributed by atoms with Gasteiger partial charge in [0.15, 0.2) is 0 Å². The second-order valence-corrected chi connectivity index (χ2v) is 7.82. The Hall–Kier alpha value is -3.12. The van der Waals surface area contributed by atoms with Crippen LogP contribution < -0.4 is 9.64 Å². The van der Waals surface area contributed by atoms with Crippen molar-refractivity contribution in [2.45, 2.75) is 19.9 Å². The first-order valence-electron chi connectivity index (χ1n) is 9.88. The Bertz CT molecular complexity index is 1040. The van der Waals surface area contributed by atoms with E-state index in [4.69, 9.17) is 16.3 Å². The fourth-order valence-corrected chi connectivity index (χ4v) is 3.73. The quantitative estimate of drug-likeness (QED) is 0.615. The van der Waals surface area contributed by atoms with Crippen LogP contribution in [-0.2, 0) is 0 Å². The van der Waals surface area contributed by atoms with E-state index < -0.39 is 0 Å². The lowest BCUT2D eigenvalue weighted by Crippen LogP contribution is -2.54. The smallest absolute Gasteiger partial charge is 0.254 e. The molecule has 0 spiro atoms. The predicted octanol–water partition coefficient (Wildman–Crippen LogP) is 4.58. The van der Waals surface area contributed by atoms with E-state index in [1.165, 1.54) is 6.33 Å². The maximum Gasteiger partial charge on any atom is 0.254 e. The molecule has 2 heterocycles. The molecule has 0 N–H and O–H groups in total. The van der Waals surface area contributed by atoms with Crippen LogP contribution in [0.2, 0.25) is 5.02 Å². The zero-order valence-corrected chi connectivity index (χ0v) is 17.7. The molecule has 1 amide bonds. The molecular formula is C23H23ClN4O2. The number of hydrogen-bond donors (Lipinski definition) is 0. The molecule has 1 aromatic heterocycles. The third kappa shape index (κ3) is 4.39. The van der Waals surface area contributed by atoms with Gasteiger partial charge in [-0.05, 0) is 43.7 Å². The summed E-state index contributed by atoms with van der Waals surface area (Å²) < 4.78 is 5.89. The van der Waals surface area contributed by atoms with Crippen molar-refractivity contribution in [3.8, 4) is 11.6 Å². The fraction of sp³-hybridized carbons (Fsp3) is 0.261. The summed E-state index contributed by atoms with van der Waals surface area (Å²) in [6.45, 7) is 6.02. The first kappa shape index (κ1) is 20.2. The molecule has 0 saturated carbocycles. The molecule has 1 fully saturated rings. The Balaban J connectivity index is 1.46. The Morgan fingerprint density at radius 2 is 1.90 bits per heavy atom. The molecule has 0 bridgehead atoms. The van der Waals surface area contributed by atoms with Crippen molar-refractivity contribution in [3.63, 3.8) is 0 Å². The molecule has 154 valence electrons. The maximum absolute atomic E-state index is 12.8. The van der Waals surface area contributed by atoms with Crippen molar-refractivity contribution in [2.24, 2.45) is 0 Å². The number of nitrogens with zero attached hydrogens (tertiary/aromatic N) is 4. The van der Waals surface area contributed by atoms with Crippen LogP contribution in [0.1, 0.15) is 22.8 Å². The van der Waals surface area contributed by atoms with Crippen LogP contribution in [0.5, 0.6) is 11.6 Å². The van der Waals surface area contributed by atoms with Crippen LogP contribution in [0.25, 0.3) is 0 Å². The van der Waals surface area contributed by atoms with Gasteiger partial charge in [-0.15, -0.1) is 0 Å². The molecule has 6 nitrogen and oxygen atoms in total. The minimum Gasteiger partial charge on any atom is -0.437 e. The molecule has 2 aromatic carbocycles. The van der Waals surface area contributed by atoms with Gasteiger partial charge in [-0.2, -0.15) is 0 Å². The summed E-state index contributed by atoms with van der Waals surface area (Å²) in [6, 6.07) is 16.9. The predicted molar refractivity (Wildman–Crippen MR) is 117 cm³/mol. The summed E-state index contributed by atoms with van der Waals surface area (Å²) >= 11 is 6.23. The molecule has 0 radical (unpaired) electrons. The van der Waals surface area contributed by atoms with Crippen LogP contribution in [0.15, 0.2) is 60.9 Å². The van der Waals surface area contributed by atoms with E-state index >= 15 is 0 Å². The number of rotatable bonds is 4. The summed E-state index contributed by atoms with van der Waals surface area (Å²) in [4.78, 5) is 25.5. The highest BCUT2D eigenvalue weighted by molar-refractivity contribution is 6.32. The molecule has 4 rings (SSSR count). The van der Waals surface area contributed by atoms with E-state index in [0.717, 1.165) is 11.4 Å². The van der Waals surface area contributed by atoms with Gasteiger partial charge in [0.2, 0.25) is 5.88 Å². The van der Waals surface area contributed by atoms with E-state index in [0.29, 0.717) is 41.8 Å². The Labute approximate surface area is 181 Å². The van der Waals surface area contributed by atoms with Crippen LogP contribution >= 0.6 is 11.6 Å². The zero-order valence-electron chi connectivity index (χ0n) is 17.0. The molecule has 0 unspecified atom stereocenters. The van der Waals surface area contributed by atoms with E-state index in [-0.39, 0.29) is 11.9 Å². The second-order valence-electron chi connectivity index (χ2n) is 7.41. The Morgan fingerprint density at radius 3 is 2.67 bits per heavy atom. The number of aromatic nitrogens is 2. The number of hydrogen-bond acceptors (Lipinski definition) is 5. The molecule has 7 heteroatoms. The maximum atomic E-state index is 12.8. The molecule has 1 saturated heterocycles. The van der Waals surface area contributed by atoms with E-state index in [9.17, 15) is 4.79 Å². The van der Waals surface area contributed by atoms with Crippen molar-refractivity contribution < 1.29 is 9.53 Å². The number of amides is 1. The number of anilines is 1. The number of carbonyl (C=O) groups excluding carboxylic acids is 1. The standard InChI is InChI=1S/C23H23ClN4O2/c1-16-8-9-19(24)20(12-16)30-22-13-21(25-15-26-22)27-10-11-28(17(2)14-27)23(29)18-6-4-3-5-7-18/h3-9,12-13,15,17H,10-11,14H2,1-2H3/t17-/m0/s1. The van der Waals surface area contributed by atoms with Gasteiger partial charge in [0.25, 0.3) is 5.91 Å². The Morgan fingerprint density at radius 1 is 1.10 bits per heavy atom. The number of carbonyl (C=O) groups is 1. The topological polar surface area (TPSA) is 58.6 Å². The molecule has 3 aromatic rings. The van der Waals surface area contributed by atoms with Gasteiger partial charge in [-0.3, -0.25) is 4.79 Å². The normalized spacial score (nSPS) is 16.4. The Kier molecular flexibility index (Phi) is 5.86. The van der Waals surface area contributed by atoms with Crippen LogP contribution in [-0.4, -0.2) is 46.5 Å². The van der Waals surface area contributed by atoms with Gasteiger partial charge in [0.05, 0.1) is 5.02 Å². The molecule has 0 aliphatic carbocycles. The minimum atomic E-state index is 0.0528. The van der Waals surface area contributed by atoms with Gasteiger partial charge in [0.1, 0.15) is 17.9 Å². The SMILES string of the molecule is Cc1ccc(Cl)c(Oc2cc(N3CCN(C(=O)c4ccccc4)[C@@H](C)C3)ncn2)c1. The average Bonchev–Trinajstić information content (AvgIpc) is 2.76. The van der Waals surface area contributed by atoms with Gasteiger partial charge >= 0.3 is 0 Å². The number of halogens is 1. The molecule has 1 atom stereocenters. The largest absolute Gasteiger partial charge is 0.437 e. The van der Waals surface area contributed by atoms with Crippen molar-refractivity contribution >= 4 is 23.3 Å². The van der Waals surface area contributed by atoms with Crippen LogP contribution in [0, 0.1) is 6.92 Å². The van der Waals surface area contributed by atoms with Gasteiger partial charge in [-0.1, -0.05) is 35.9 Å². The van der Waals surface area contributed by atoms with Crippen LogP contribution in [0.3, 0.4) is 0 Å². The van der Waals surface area contributed by atoms with E-state index in [2.05, 4.69) is 21.8 Å². The number of aryl methyl sites for hydroxylation is 1. The first-order valence-corrected chi connectivity index (χ1v) is 10.3. The number of benzene rings is 2. The first-order chi connectivity index (χ1) is 14.5. The lowest BCUT2D eigenvalue weighted by Gasteiger charge is -2.40. The summed E-state index contributed by atoms with van der Waals surface area (Å²) in [6.07, 6.45) is 1.49. The third-order valence-corrected chi connectivity index (χ3v) is 5.47. The number of piperazine rings is 1. The second kappa shape index (κ2) is 8.71. The zero-order chi connectivity index (χ0) is 21.1. The molecule has 1 aliphatic heterocycles. The van der Waals surface area contributed by atoms with Crippen LogP contribution in [0.4, 0.5) is 5.82 Å². The summed E-state index contributed by atoms with van der Waals surface area (Å²) in [5.41, 5.74) is 1.77. The highest BCUT2D eigenvalue weighted by atomic mass is 35.5. The van der Waals surface area contributed by atoms with Crippen molar-refractivity contribution in [2.75, 3.05) is 24.5 Å². The lowest BCUT2D eigenvalue weighted by molar-refractivity contribution is 0.0673. The molecular weight excluding hydrogens is 400 g/mol. The highest BCUT2D eigenvalue weighted by Gasteiger charge is 2.28. The summed E-state index contributed by atoms with van der Waals surface area (Å²) in [5, 5.41) is 0.530. The summed E-state index contributed by atoms with van der Waals surface area (Å²) in [5.74, 6) is 1.82. The van der Waals surface area contributed by atoms with E-state index in [1.54, 1.807) is 12.1 Å². The summed E-state index contributed by atoms with van der Waals surface area (Å²) in [7, 11) is 0. The minimum absolute atomic E-state index is 0.0528. The monoisotopic (exact) mass is 422 g/mol. The van der Waals surface area contributed by atoms with Crippen molar-refractivity contribution in [1.82, 2.24) is 14.9 Å². The molecule has 30 heavy (non-hydrogen) atoms. The third-order valence-electron chi connectivity index (χ3n) is 5.16. The van der Waals surface area contributed by atoms with Crippen molar-refractivity contribution in [3.05, 3.63) is 77.1 Å². The average molecular weight is 423 g/mol. The highest BCUT2D eigenvalue weighted by Crippen LogP contribution is 2.30.